The van der Waals surface area contributed by atoms with Crippen LogP contribution in [-0.2, 0) is 16.6 Å². The maximum atomic E-state index is 13.1. The number of para-hydroxylation sites is 1. The zero-order chi connectivity index (χ0) is 20.4. The molecule has 0 spiro atoms. The van der Waals surface area contributed by atoms with Crippen molar-refractivity contribution in [2.45, 2.75) is 24.8 Å². The minimum absolute atomic E-state index is 0.0706. The second-order valence-electron chi connectivity index (χ2n) is 6.67. The van der Waals surface area contributed by atoms with Crippen molar-refractivity contribution >= 4 is 37.3 Å². The molecule has 0 aliphatic heterocycles. The molecule has 0 saturated carbocycles. The Hall–Kier alpha value is -2.90. The Morgan fingerprint density at radius 1 is 0.966 bits per heavy atom. The lowest BCUT2D eigenvalue weighted by atomic mass is 10.0. The number of aryl methyl sites for hydroxylation is 1. The fraction of sp³-hybridized carbons (Fsp3) is 0.136. The molecule has 4 rings (SSSR count). The number of nitrogens with one attached hydrogen (secondary N) is 1. The van der Waals surface area contributed by atoms with Gasteiger partial charge in [-0.25, -0.2) is 8.42 Å². The van der Waals surface area contributed by atoms with Gasteiger partial charge in [0.15, 0.2) is 0 Å². The molecule has 1 heterocycles. The van der Waals surface area contributed by atoms with Gasteiger partial charge in [-0.1, -0.05) is 66.8 Å². The average molecular weight is 425 g/mol. The molecule has 0 bridgehead atoms. The van der Waals surface area contributed by atoms with Crippen molar-refractivity contribution in [2.24, 2.45) is 0 Å². The van der Waals surface area contributed by atoms with Crippen LogP contribution in [0.25, 0.3) is 21.3 Å². The average Bonchev–Trinajstić information content (AvgIpc) is 3.04. The standard InChI is InChI=1S/C22H20N2O3S2/c1-2-14-24-20-13-12-17(15-21(20)28-22(24)25)29(26,27)23-19-11-7-6-10-18(19)16-8-4-3-5-9-16/h3-13,15,23H,2,14H2,1H3. The molecule has 3 aromatic carbocycles. The van der Waals surface area contributed by atoms with Gasteiger partial charge >= 0.3 is 4.87 Å². The number of thiazole rings is 1. The molecule has 0 amide bonds. The third-order valence-electron chi connectivity index (χ3n) is 4.65. The highest BCUT2D eigenvalue weighted by Crippen LogP contribution is 2.30. The number of hydrogen-bond acceptors (Lipinski definition) is 4. The van der Waals surface area contributed by atoms with E-state index in [2.05, 4.69) is 4.72 Å². The maximum Gasteiger partial charge on any atom is 0.308 e. The number of nitrogens with zero attached hydrogens (tertiary/aromatic N) is 1. The van der Waals surface area contributed by atoms with Gasteiger partial charge in [0.1, 0.15) is 0 Å². The van der Waals surface area contributed by atoms with Crippen LogP contribution >= 0.6 is 11.3 Å². The van der Waals surface area contributed by atoms with Crippen LogP contribution in [0.4, 0.5) is 5.69 Å². The monoisotopic (exact) mass is 424 g/mol. The Kier molecular flexibility index (Phi) is 5.25. The fourth-order valence-corrected chi connectivity index (χ4v) is 5.43. The van der Waals surface area contributed by atoms with E-state index in [0.29, 0.717) is 16.9 Å². The first-order valence-electron chi connectivity index (χ1n) is 9.30. The molecule has 0 aliphatic carbocycles. The second kappa shape index (κ2) is 7.85. The number of rotatable bonds is 6. The molecule has 0 unspecified atom stereocenters. The normalized spacial score (nSPS) is 11.6. The molecule has 1 aromatic heterocycles. The summed E-state index contributed by atoms with van der Waals surface area (Å²) in [7, 11) is -3.81. The number of aromatic nitrogens is 1. The summed E-state index contributed by atoms with van der Waals surface area (Å²) in [6.07, 6.45) is 0.837. The second-order valence-corrected chi connectivity index (χ2v) is 9.34. The van der Waals surface area contributed by atoms with Gasteiger partial charge in [0.25, 0.3) is 10.0 Å². The summed E-state index contributed by atoms with van der Waals surface area (Å²) in [5.74, 6) is 0. The summed E-state index contributed by atoms with van der Waals surface area (Å²) in [6, 6.07) is 21.7. The Labute approximate surface area is 173 Å². The number of anilines is 1. The number of hydrogen-bond donors (Lipinski definition) is 1. The highest BCUT2D eigenvalue weighted by Gasteiger charge is 2.18. The lowest BCUT2D eigenvalue weighted by Gasteiger charge is -2.13. The summed E-state index contributed by atoms with van der Waals surface area (Å²) >= 11 is 1.07. The highest BCUT2D eigenvalue weighted by molar-refractivity contribution is 7.92. The fourth-order valence-electron chi connectivity index (χ4n) is 3.29. The summed E-state index contributed by atoms with van der Waals surface area (Å²) in [4.78, 5) is 12.3. The van der Waals surface area contributed by atoms with Gasteiger partial charge < -0.3 is 0 Å². The van der Waals surface area contributed by atoms with Crippen LogP contribution in [-0.4, -0.2) is 13.0 Å². The van der Waals surface area contributed by atoms with Gasteiger partial charge in [0, 0.05) is 12.1 Å². The SMILES string of the molecule is CCCn1c(=O)sc2cc(S(=O)(=O)Nc3ccccc3-c3ccccc3)ccc21. The minimum atomic E-state index is -3.81. The van der Waals surface area contributed by atoms with Gasteiger partial charge in [0.2, 0.25) is 0 Å². The van der Waals surface area contributed by atoms with Crippen molar-refractivity contribution in [3.63, 3.8) is 0 Å². The van der Waals surface area contributed by atoms with E-state index in [1.807, 2.05) is 49.4 Å². The Bertz CT molecular complexity index is 1320. The molecule has 7 heteroatoms. The van der Waals surface area contributed by atoms with Crippen molar-refractivity contribution in [1.82, 2.24) is 4.57 Å². The molecular weight excluding hydrogens is 404 g/mol. The van der Waals surface area contributed by atoms with Crippen LogP contribution in [0.3, 0.4) is 0 Å². The first kappa shape index (κ1) is 19.4. The quantitative estimate of drug-likeness (QED) is 0.477. The Morgan fingerprint density at radius 3 is 2.45 bits per heavy atom. The van der Waals surface area contributed by atoms with Crippen LogP contribution in [0.15, 0.2) is 82.5 Å². The Morgan fingerprint density at radius 2 is 1.69 bits per heavy atom. The molecule has 0 atom stereocenters. The number of sulfonamides is 1. The first-order chi connectivity index (χ1) is 14.0. The minimum Gasteiger partial charge on any atom is -0.299 e. The molecule has 0 fully saturated rings. The topological polar surface area (TPSA) is 68.2 Å². The summed E-state index contributed by atoms with van der Waals surface area (Å²) in [6.45, 7) is 2.62. The van der Waals surface area contributed by atoms with E-state index in [1.54, 1.807) is 34.9 Å². The maximum absolute atomic E-state index is 13.1. The van der Waals surface area contributed by atoms with E-state index < -0.39 is 10.0 Å². The molecule has 4 aromatic rings. The van der Waals surface area contributed by atoms with Gasteiger partial charge in [-0.05, 0) is 36.2 Å². The van der Waals surface area contributed by atoms with E-state index in [-0.39, 0.29) is 9.77 Å². The highest BCUT2D eigenvalue weighted by atomic mass is 32.2. The van der Waals surface area contributed by atoms with E-state index in [4.69, 9.17) is 0 Å². The van der Waals surface area contributed by atoms with Crippen LogP contribution in [0.5, 0.6) is 0 Å². The van der Waals surface area contributed by atoms with E-state index in [1.165, 1.54) is 0 Å². The summed E-state index contributed by atoms with van der Waals surface area (Å²) in [5.41, 5.74) is 3.01. The van der Waals surface area contributed by atoms with E-state index in [0.717, 1.165) is 34.4 Å². The van der Waals surface area contributed by atoms with Crippen molar-refractivity contribution in [1.29, 1.82) is 0 Å². The molecule has 1 N–H and O–H groups in total. The lowest BCUT2D eigenvalue weighted by Crippen LogP contribution is -2.14. The van der Waals surface area contributed by atoms with Crippen molar-refractivity contribution in [3.8, 4) is 11.1 Å². The van der Waals surface area contributed by atoms with Crippen molar-refractivity contribution in [3.05, 3.63) is 82.5 Å². The van der Waals surface area contributed by atoms with E-state index >= 15 is 0 Å². The van der Waals surface area contributed by atoms with Gasteiger partial charge in [-0.2, -0.15) is 0 Å². The molecule has 148 valence electrons. The zero-order valence-corrected chi connectivity index (χ0v) is 17.5. The van der Waals surface area contributed by atoms with E-state index in [9.17, 15) is 13.2 Å². The molecule has 0 saturated heterocycles. The molecule has 29 heavy (non-hydrogen) atoms. The van der Waals surface area contributed by atoms with Gasteiger partial charge in [-0.3, -0.25) is 14.1 Å². The predicted octanol–water partition coefficient (Wildman–Crippen LogP) is 4.94. The third-order valence-corrected chi connectivity index (χ3v) is 6.96. The third kappa shape index (κ3) is 3.83. The van der Waals surface area contributed by atoms with Gasteiger partial charge in [-0.15, -0.1) is 0 Å². The predicted molar refractivity (Wildman–Crippen MR) is 119 cm³/mol. The van der Waals surface area contributed by atoms with Crippen LogP contribution in [0.1, 0.15) is 13.3 Å². The molecule has 0 radical (unpaired) electrons. The van der Waals surface area contributed by atoms with Crippen molar-refractivity contribution in [2.75, 3.05) is 4.72 Å². The molecule has 0 aliphatic rings. The van der Waals surface area contributed by atoms with Crippen LogP contribution in [0.2, 0.25) is 0 Å². The molecule has 5 nitrogen and oxygen atoms in total. The molecular formula is C22H20N2O3S2. The first-order valence-corrected chi connectivity index (χ1v) is 11.6. The van der Waals surface area contributed by atoms with Crippen LogP contribution in [0, 0.1) is 0 Å². The van der Waals surface area contributed by atoms with Crippen LogP contribution < -0.4 is 9.60 Å². The Balaban J connectivity index is 1.73. The zero-order valence-electron chi connectivity index (χ0n) is 15.8. The van der Waals surface area contributed by atoms with Gasteiger partial charge in [0.05, 0.1) is 20.8 Å². The summed E-state index contributed by atoms with van der Waals surface area (Å²) < 4.78 is 31.2. The lowest BCUT2D eigenvalue weighted by molar-refractivity contribution is 0.601. The summed E-state index contributed by atoms with van der Waals surface area (Å²) in [5, 5.41) is 0. The largest absolute Gasteiger partial charge is 0.308 e. The van der Waals surface area contributed by atoms with Crippen molar-refractivity contribution < 1.29 is 8.42 Å². The number of fused-ring (bicyclic) bond motifs is 1. The smallest absolute Gasteiger partial charge is 0.299 e. The number of benzene rings is 3.